The lowest BCUT2D eigenvalue weighted by molar-refractivity contribution is -0.127. The van der Waals surface area contributed by atoms with Crippen molar-refractivity contribution in [1.82, 2.24) is 19.8 Å². The number of nitrogens with zero attached hydrogens (tertiary/aromatic N) is 5. The summed E-state index contributed by atoms with van der Waals surface area (Å²) in [6.07, 6.45) is -0.743. The molecule has 1 unspecified atom stereocenters. The standard InChI is InChI=1S/C18H24N6O3S2/c1-3-23(4-2)16(26)12-29-18-22-21-17(24(18)20)28-11-14(25)10-27-15-7-5-13(9-19)6-8-15/h5-8,14,25H,3-4,10-12,20H2,1-2H3. The highest BCUT2D eigenvalue weighted by atomic mass is 32.2. The monoisotopic (exact) mass is 436 g/mol. The number of hydrogen-bond donors (Lipinski definition) is 2. The minimum atomic E-state index is -0.743. The fourth-order valence-corrected chi connectivity index (χ4v) is 3.87. The summed E-state index contributed by atoms with van der Waals surface area (Å²) in [7, 11) is 0. The van der Waals surface area contributed by atoms with Gasteiger partial charge in [0.25, 0.3) is 0 Å². The SMILES string of the molecule is CCN(CC)C(=O)CSc1nnc(SCC(O)COc2ccc(C#N)cc2)n1N. The van der Waals surface area contributed by atoms with E-state index in [-0.39, 0.29) is 18.3 Å². The molecule has 0 aliphatic heterocycles. The van der Waals surface area contributed by atoms with Crippen LogP contribution in [0.25, 0.3) is 0 Å². The molecule has 2 rings (SSSR count). The first kappa shape index (κ1) is 22.9. The van der Waals surface area contributed by atoms with E-state index in [0.29, 0.717) is 40.5 Å². The van der Waals surface area contributed by atoms with Crippen molar-refractivity contribution in [3.8, 4) is 11.8 Å². The molecule has 1 aromatic heterocycles. The fraction of sp³-hybridized carbons (Fsp3) is 0.444. The molecule has 1 heterocycles. The average Bonchev–Trinajstić information content (AvgIpc) is 3.09. The first-order chi connectivity index (χ1) is 14.0. The summed E-state index contributed by atoms with van der Waals surface area (Å²) in [5, 5.41) is 27.8. The van der Waals surface area contributed by atoms with Crippen LogP contribution in [-0.2, 0) is 4.79 Å². The molecule has 156 valence electrons. The van der Waals surface area contributed by atoms with Crippen molar-refractivity contribution in [2.24, 2.45) is 0 Å². The number of hydrogen-bond acceptors (Lipinski definition) is 9. The predicted octanol–water partition coefficient (Wildman–Crippen LogP) is 1.36. The van der Waals surface area contributed by atoms with Gasteiger partial charge in [-0.05, 0) is 38.1 Å². The molecule has 0 aliphatic carbocycles. The molecule has 29 heavy (non-hydrogen) atoms. The van der Waals surface area contributed by atoms with Crippen LogP contribution in [0.15, 0.2) is 34.6 Å². The van der Waals surface area contributed by atoms with Gasteiger partial charge in [0.1, 0.15) is 12.4 Å². The van der Waals surface area contributed by atoms with Crippen molar-refractivity contribution >= 4 is 29.4 Å². The van der Waals surface area contributed by atoms with E-state index < -0.39 is 6.10 Å². The maximum atomic E-state index is 12.1. The number of rotatable bonds is 11. The quantitative estimate of drug-likeness (QED) is 0.396. The van der Waals surface area contributed by atoms with Gasteiger partial charge in [-0.1, -0.05) is 23.5 Å². The van der Waals surface area contributed by atoms with E-state index in [2.05, 4.69) is 10.2 Å². The zero-order valence-corrected chi connectivity index (χ0v) is 17.9. The predicted molar refractivity (Wildman–Crippen MR) is 112 cm³/mol. The Morgan fingerprint density at radius 1 is 1.28 bits per heavy atom. The van der Waals surface area contributed by atoms with Crippen LogP contribution in [0.3, 0.4) is 0 Å². The summed E-state index contributed by atoms with van der Waals surface area (Å²) in [5.74, 6) is 7.14. The number of aromatic nitrogens is 3. The first-order valence-electron chi connectivity index (χ1n) is 9.03. The van der Waals surface area contributed by atoms with Crippen molar-refractivity contribution in [1.29, 1.82) is 5.26 Å². The van der Waals surface area contributed by atoms with Gasteiger partial charge in [-0.15, -0.1) is 10.2 Å². The number of aliphatic hydroxyl groups excluding tert-OH is 1. The second-order valence-corrected chi connectivity index (χ2v) is 7.83. The van der Waals surface area contributed by atoms with Gasteiger partial charge in [0.2, 0.25) is 16.2 Å². The average molecular weight is 437 g/mol. The van der Waals surface area contributed by atoms with Crippen LogP contribution >= 0.6 is 23.5 Å². The summed E-state index contributed by atoms with van der Waals surface area (Å²) in [5.41, 5.74) is 0.545. The Labute approximate surface area is 178 Å². The Kier molecular flexibility index (Phi) is 9.11. The lowest BCUT2D eigenvalue weighted by Crippen LogP contribution is -2.32. The molecule has 2 aromatic rings. The second-order valence-electron chi connectivity index (χ2n) is 5.90. The maximum Gasteiger partial charge on any atom is 0.233 e. The number of nitriles is 1. The van der Waals surface area contributed by atoms with E-state index in [4.69, 9.17) is 15.8 Å². The van der Waals surface area contributed by atoms with Crippen LogP contribution < -0.4 is 10.6 Å². The van der Waals surface area contributed by atoms with Gasteiger partial charge in [-0.25, -0.2) is 4.68 Å². The van der Waals surface area contributed by atoms with Gasteiger partial charge in [0.05, 0.1) is 23.5 Å². The number of carbonyl (C=O) groups excluding carboxylic acids is 1. The summed E-state index contributed by atoms with van der Waals surface area (Å²) >= 11 is 2.48. The van der Waals surface area contributed by atoms with Gasteiger partial charge in [-0.2, -0.15) is 5.26 Å². The molecule has 0 fully saturated rings. The summed E-state index contributed by atoms with van der Waals surface area (Å²) in [6, 6.07) is 8.69. The normalized spacial score (nSPS) is 11.7. The van der Waals surface area contributed by atoms with Crippen molar-refractivity contribution in [2.75, 3.05) is 37.0 Å². The van der Waals surface area contributed by atoms with Crippen molar-refractivity contribution < 1.29 is 14.6 Å². The largest absolute Gasteiger partial charge is 0.491 e. The molecule has 1 atom stereocenters. The number of ether oxygens (including phenoxy) is 1. The highest BCUT2D eigenvalue weighted by molar-refractivity contribution is 8.00. The Morgan fingerprint density at radius 3 is 2.48 bits per heavy atom. The van der Waals surface area contributed by atoms with Crippen molar-refractivity contribution in [3.05, 3.63) is 29.8 Å². The first-order valence-corrected chi connectivity index (χ1v) is 11.0. The third kappa shape index (κ3) is 6.85. The summed E-state index contributed by atoms with van der Waals surface area (Å²) in [6.45, 7) is 5.28. The molecule has 0 radical (unpaired) electrons. The molecule has 0 bridgehead atoms. The fourth-order valence-electron chi connectivity index (χ4n) is 2.29. The number of benzene rings is 1. The molecule has 0 saturated carbocycles. The highest BCUT2D eigenvalue weighted by Gasteiger charge is 2.16. The van der Waals surface area contributed by atoms with Crippen LogP contribution in [0, 0.1) is 11.3 Å². The molecule has 0 spiro atoms. The molecule has 11 heteroatoms. The van der Waals surface area contributed by atoms with Gasteiger partial charge in [0.15, 0.2) is 0 Å². The van der Waals surface area contributed by atoms with E-state index in [1.807, 2.05) is 19.9 Å². The van der Waals surface area contributed by atoms with Crippen LogP contribution in [0.2, 0.25) is 0 Å². The second kappa shape index (κ2) is 11.5. The molecular formula is C18H24N6O3S2. The number of aliphatic hydroxyl groups is 1. The number of nitrogens with two attached hydrogens (primary N) is 1. The number of carbonyl (C=O) groups is 1. The van der Waals surface area contributed by atoms with Crippen molar-refractivity contribution in [2.45, 2.75) is 30.3 Å². The Morgan fingerprint density at radius 2 is 1.90 bits per heavy atom. The summed E-state index contributed by atoms with van der Waals surface area (Å²) in [4.78, 5) is 13.8. The minimum Gasteiger partial charge on any atom is -0.491 e. The van der Waals surface area contributed by atoms with Crippen LogP contribution in [0.4, 0.5) is 0 Å². The molecule has 1 aromatic carbocycles. The summed E-state index contributed by atoms with van der Waals surface area (Å²) < 4.78 is 6.83. The van der Waals surface area contributed by atoms with Gasteiger partial charge >= 0.3 is 0 Å². The van der Waals surface area contributed by atoms with E-state index in [9.17, 15) is 9.90 Å². The van der Waals surface area contributed by atoms with E-state index in [1.54, 1.807) is 29.2 Å². The number of amides is 1. The third-order valence-corrected chi connectivity index (χ3v) is 5.92. The number of thioether (sulfide) groups is 2. The van der Waals surface area contributed by atoms with E-state index in [0.717, 1.165) is 0 Å². The maximum absolute atomic E-state index is 12.1. The molecular weight excluding hydrogens is 412 g/mol. The molecule has 1 amide bonds. The van der Waals surface area contributed by atoms with E-state index >= 15 is 0 Å². The molecule has 0 saturated heterocycles. The van der Waals surface area contributed by atoms with Gasteiger partial charge < -0.3 is 20.6 Å². The lowest BCUT2D eigenvalue weighted by Gasteiger charge is -2.17. The Balaban J connectivity index is 1.78. The Bertz CT molecular complexity index is 833. The van der Waals surface area contributed by atoms with Gasteiger partial charge in [0, 0.05) is 18.8 Å². The topological polar surface area (TPSA) is 130 Å². The smallest absolute Gasteiger partial charge is 0.233 e. The molecule has 3 N–H and O–H groups in total. The zero-order chi connectivity index (χ0) is 21.2. The van der Waals surface area contributed by atoms with Crippen LogP contribution in [-0.4, -0.2) is 68.1 Å². The van der Waals surface area contributed by atoms with Crippen molar-refractivity contribution in [3.63, 3.8) is 0 Å². The zero-order valence-electron chi connectivity index (χ0n) is 16.3. The van der Waals surface area contributed by atoms with Gasteiger partial charge in [-0.3, -0.25) is 4.79 Å². The third-order valence-electron chi connectivity index (χ3n) is 3.90. The highest BCUT2D eigenvalue weighted by Crippen LogP contribution is 2.22. The number of nitrogen functional groups attached to an aromatic ring is 1. The lowest BCUT2D eigenvalue weighted by atomic mass is 10.2. The Hall–Kier alpha value is -2.42. The minimum absolute atomic E-state index is 0.0209. The van der Waals surface area contributed by atoms with Crippen LogP contribution in [0.1, 0.15) is 19.4 Å². The van der Waals surface area contributed by atoms with Crippen LogP contribution in [0.5, 0.6) is 5.75 Å². The molecule has 0 aliphatic rings. The molecule has 9 nitrogen and oxygen atoms in total. The van der Waals surface area contributed by atoms with E-state index in [1.165, 1.54) is 28.2 Å².